The number of rotatable bonds is 9. The minimum absolute atomic E-state index is 0.00136. The van der Waals surface area contributed by atoms with Crippen LogP contribution in [0.2, 0.25) is 0 Å². The Morgan fingerprint density at radius 1 is 1.02 bits per heavy atom. The number of nitrogens with one attached hydrogen (secondary N) is 2. The summed E-state index contributed by atoms with van der Waals surface area (Å²) in [5, 5.41) is 17.6. The van der Waals surface area contributed by atoms with E-state index in [1.165, 1.54) is 37.6 Å². The van der Waals surface area contributed by atoms with Gasteiger partial charge < -0.3 is 34.5 Å². The molecule has 3 heterocycles. The first-order valence-electron chi connectivity index (χ1n) is 16.7. The zero-order valence-corrected chi connectivity index (χ0v) is 28.1. The third-order valence-electron chi connectivity index (χ3n) is 8.65. The summed E-state index contributed by atoms with van der Waals surface area (Å²) in [7, 11) is 1.21. The van der Waals surface area contributed by atoms with Crippen LogP contribution >= 0.6 is 0 Å². The van der Waals surface area contributed by atoms with Crippen molar-refractivity contribution >= 4 is 35.4 Å². The Balaban J connectivity index is 0.000000226. The monoisotopic (exact) mass is 686 g/mol. The molecule has 3 aromatic rings. The molecule has 264 valence electrons. The Kier molecular flexibility index (Phi) is 12.8. The number of hydrogen-bond donors (Lipinski definition) is 2. The molecule has 0 aromatic heterocycles. The molecule has 0 atom stereocenters. The largest absolute Gasteiger partial charge is 0.482 e. The molecule has 0 bridgehead atoms. The van der Waals surface area contributed by atoms with Gasteiger partial charge in [-0.25, -0.2) is 9.59 Å². The van der Waals surface area contributed by atoms with Crippen molar-refractivity contribution in [2.24, 2.45) is 5.92 Å². The average Bonchev–Trinajstić information content (AvgIpc) is 3.14. The number of fused-ring (bicyclic) bond motifs is 1. The lowest BCUT2D eigenvalue weighted by Gasteiger charge is -2.27. The summed E-state index contributed by atoms with van der Waals surface area (Å²) < 4.78 is 20.4. The number of methoxy groups -OCH3 is 1. The van der Waals surface area contributed by atoms with E-state index in [0.29, 0.717) is 31.5 Å². The predicted octanol–water partition coefficient (Wildman–Crippen LogP) is 5.52. The molecule has 50 heavy (non-hydrogen) atoms. The van der Waals surface area contributed by atoms with Crippen LogP contribution in [0.25, 0.3) is 6.08 Å². The minimum atomic E-state index is -0.625. The second-order valence-electron chi connectivity index (χ2n) is 12.2. The molecule has 0 unspecified atom stereocenters. The van der Waals surface area contributed by atoms with E-state index in [1.807, 2.05) is 42.5 Å². The Hall–Kier alpha value is -5.43. The highest BCUT2D eigenvalue weighted by Crippen LogP contribution is 2.31. The fourth-order valence-corrected chi connectivity index (χ4v) is 5.93. The standard InChI is InChI=1S/C23H24N2O7.C14H18N2O2/c1-30-22(26)16-31-21-8-7-19(14-20(21)25(28)29)13-17-9-11-24(12-10-17)23(27)32-15-18-5-3-2-4-6-18;17-14-9-18-13-2-1-11(8-12(13)16-14)7-10-3-5-15-6-4-10/h2-8,13-14H,9-12,15-16H2,1H3;1-2,8,10,15H,3-7,9H2,(H,16,17). The van der Waals surface area contributed by atoms with Gasteiger partial charge in [0.1, 0.15) is 12.4 Å². The quantitative estimate of drug-likeness (QED) is 0.167. The number of nitro benzene ring substituents is 1. The van der Waals surface area contributed by atoms with Crippen LogP contribution in [0.1, 0.15) is 42.4 Å². The normalized spacial score (nSPS) is 15.7. The van der Waals surface area contributed by atoms with Crippen LogP contribution in [0.5, 0.6) is 11.5 Å². The number of nitro groups is 1. The lowest BCUT2D eigenvalue weighted by atomic mass is 9.91. The molecule has 6 rings (SSSR count). The molecular formula is C37H42N4O9. The van der Waals surface area contributed by atoms with Crippen LogP contribution in [-0.4, -0.2) is 74.3 Å². The van der Waals surface area contributed by atoms with Crippen molar-refractivity contribution in [1.29, 1.82) is 0 Å². The van der Waals surface area contributed by atoms with Crippen molar-refractivity contribution in [2.75, 3.05) is 51.8 Å². The Bertz CT molecular complexity index is 1680. The van der Waals surface area contributed by atoms with Gasteiger partial charge in [0, 0.05) is 19.2 Å². The summed E-state index contributed by atoms with van der Waals surface area (Å²) in [6.45, 7) is 3.22. The SMILES string of the molecule is COC(=O)COc1ccc(C=C2CCN(C(=O)OCc3ccccc3)CC2)cc1[N+](=O)[O-].O=C1COc2ccc(CC3CCNCC3)cc2N1. The predicted molar refractivity (Wildman–Crippen MR) is 186 cm³/mol. The van der Waals surface area contributed by atoms with Gasteiger partial charge in [-0.15, -0.1) is 0 Å². The van der Waals surface area contributed by atoms with E-state index in [2.05, 4.69) is 27.5 Å². The number of likely N-dealkylation sites (tertiary alicyclic amines) is 1. The van der Waals surface area contributed by atoms with Gasteiger partial charge in [0.15, 0.2) is 19.0 Å². The number of hydrogen-bond acceptors (Lipinski definition) is 10. The second kappa shape index (κ2) is 17.8. The molecule has 0 saturated carbocycles. The molecule has 3 aromatic carbocycles. The maximum atomic E-state index is 12.3. The van der Waals surface area contributed by atoms with Crippen LogP contribution in [-0.2, 0) is 32.1 Å². The molecular weight excluding hydrogens is 644 g/mol. The average molecular weight is 687 g/mol. The van der Waals surface area contributed by atoms with E-state index in [0.717, 1.165) is 48.0 Å². The molecule has 2 N–H and O–H groups in total. The molecule has 13 heteroatoms. The number of benzene rings is 3. The van der Waals surface area contributed by atoms with Crippen LogP contribution in [0, 0.1) is 16.0 Å². The van der Waals surface area contributed by atoms with Gasteiger partial charge in [-0.2, -0.15) is 0 Å². The Morgan fingerprint density at radius 2 is 1.78 bits per heavy atom. The lowest BCUT2D eigenvalue weighted by molar-refractivity contribution is -0.385. The van der Waals surface area contributed by atoms with Gasteiger partial charge in [-0.1, -0.05) is 54.1 Å². The molecule has 2 saturated heterocycles. The van der Waals surface area contributed by atoms with Gasteiger partial charge in [-0.3, -0.25) is 14.9 Å². The second-order valence-corrected chi connectivity index (χ2v) is 12.2. The minimum Gasteiger partial charge on any atom is -0.482 e. The zero-order valence-electron chi connectivity index (χ0n) is 28.1. The van der Waals surface area contributed by atoms with E-state index in [1.54, 1.807) is 11.0 Å². The molecule has 13 nitrogen and oxygen atoms in total. The van der Waals surface area contributed by atoms with Crippen molar-refractivity contribution in [2.45, 2.75) is 38.7 Å². The summed E-state index contributed by atoms with van der Waals surface area (Å²) >= 11 is 0. The van der Waals surface area contributed by atoms with Gasteiger partial charge >= 0.3 is 17.7 Å². The van der Waals surface area contributed by atoms with Crippen LogP contribution in [0.4, 0.5) is 16.2 Å². The van der Waals surface area contributed by atoms with Crippen LogP contribution < -0.4 is 20.1 Å². The summed E-state index contributed by atoms with van der Waals surface area (Å²) in [5.41, 5.74) is 4.53. The number of ether oxygens (including phenoxy) is 4. The highest BCUT2D eigenvalue weighted by Gasteiger charge is 2.22. The molecule has 0 radical (unpaired) electrons. The van der Waals surface area contributed by atoms with Crippen molar-refractivity contribution in [3.05, 3.63) is 99.1 Å². The van der Waals surface area contributed by atoms with Crippen molar-refractivity contribution in [1.82, 2.24) is 10.2 Å². The van der Waals surface area contributed by atoms with E-state index < -0.39 is 17.5 Å². The van der Waals surface area contributed by atoms with Crippen molar-refractivity contribution < 1.29 is 38.3 Å². The topological polar surface area (TPSA) is 159 Å². The third kappa shape index (κ3) is 10.5. The number of anilines is 1. The summed E-state index contributed by atoms with van der Waals surface area (Å²) in [5.74, 6) is 0.841. The number of esters is 1. The van der Waals surface area contributed by atoms with E-state index in [9.17, 15) is 24.5 Å². The van der Waals surface area contributed by atoms with Crippen LogP contribution in [0.3, 0.4) is 0 Å². The number of nitrogens with zero attached hydrogens (tertiary/aromatic N) is 2. The first-order valence-corrected chi connectivity index (χ1v) is 16.7. The molecule has 2 amide bonds. The molecule has 3 aliphatic heterocycles. The molecule has 0 aliphatic carbocycles. The zero-order chi connectivity index (χ0) is 35.3. The highest BCUT2D eigenvalue weighted by molar-refractivity contribution is 5.95. The van der Waals surface area contributed by atoms with Crippen molar-refractivity contribution in [3.63, 3.8) is 0 Å². The number of piperidine rings is 2. The van der Waals surface area contributed by atoms with Crippen LogP contribution in [0.15, 0.2) is 72.3 Å². The Morgan fingerprint density at radius 3 is 2.50 bits per heavy atom. The first kappa shape index (κ1) is 35.9. The van der Waals surface area contributed by atoms with Gasteiger partial charge in [0.25, 0.3) is 5.91 Å². The molecule has 3 aliphatic rings. The van der Waals surface area contributed by atoms with Gasteiger partial charge in [-0.05, 0) is 86.0 Å². The summed E-state index contributed by atoms with van der Waals surface area (Å²) in [4.78, 5) is 47.3. The maximum Gasteiger partial charge on any atom is 0.410 e. The van der Waals surface area contributed by atoms with E-state index >= 15 is 0 Å². The van der Waals surface area contributed by atoms with Gasteiger partial charge in [0.2, 0.25) is 0 Å². The number of carbonyl (C=O) groups is 3. The van der Waals surface area contributed by atoms with Crippen molar-refractivity contribution in [3.8, 4) is 11.5 Å². The summed E-state index contributed by atoms with van der Waals surface area (Å²) in [6.07, 6.45) is 6.38. The molecule has 0 spiro atoms. The van der Waals surface area contributed by atoms with E-state index in [4.69, 9.17) is 14.2 Å². The highest BCUT2D eigenvalue weighted by atomic mass is 16.6. The first-order chi connectivity index (χ1) is 24.3. The van der Waals surface area contributed by atoms with E-state index in [-0.39, 0.29) is 36.7 Å². The number of amides is 2. The smallest absolute Gasteiger partial charge is 0.410 e. The Labute approximate surface area is 290 Å². The third-order valence-corrected chi connectivity index (χ3v) is 8.65. The fourth-order valence-electron chi connectivity index (χ4n) is 5.93. The summed E-state index contributed by atoms with van der Waals surface area (Å²) in [6, 6.07) is 20.2. The lowest BCUT2D eigenvalue weighted by Crippen LogP contribution is -2.36. The number of carbonyl (C=O) groups excluding carboxylic acids is 3. The molecule has 2 fully saturated rings. The van der Waals surface area contributed by atoms with Gasteiger partial charge in [0.05, 0.1) is 17.7 Å². The maximum absolute atomic E-state index is 12.3. The fraction of sp³-hybridized carbons (Fsp3) is 0.378.